The number of likely N-dealkylation sites (tertiary alicyclic amines) is 1. The molecular weight excluding hydrogens is 238 g/mol. The van der Waals surface area contributed by atoms with E-state index in [1.807, 2.05) is 18.7 Å². The first-order chi connectivity index (χ1) is 8.00. The predicted octanol–water partition coefficient (Wildman–Crippen LogP) is 1.98. The van der Waals surface area contributed by atoms with Crippen molar-refractivity contribution >= 4 is 23.6 Å². The maximum atomic E-state index is 12.1. The lowest BCUT2D eigenvalue weighted by atomic mass is 10.1. The smallest absolute Gasteiger partial charge is 0.304 e. The van der Waals surface area contributed by atoms with Crippen molar-refractivity contribution in [1.82, 2.24) is 4.90 Å². The predicted molar refractivity (Wildman–Crippen MR) is 69.2 cm³/mol. The third-order valence-electron chi connectivity index (χ3n) is 2.91. The number of carboxylic acid groups (broad SMARTS) is 1. The zero-order valence-corrected chi connectivity index (χ0v) is 11.3. The molecule has 0 radical (unpaired) electrons. The Bertz CT molecular complexity index is 277. The highest BCUT2D eigenvalue weighted by molar-refractivity contribution is 8.01. The molecule has 1 N–H and O–H groups in total. The first kappa shape index (κ1) is 14.4. The average Bonchev–Trinajstić information content (AvgIpc) is 2.28. The molecule has 0 aromatic carbocycles. The number of hydrogen-bond acceptors (Lipinski definition) is 3. The van der Waals surface area contributed by atoms with Gasteiger partial charge < -0.3 is 10.0 Å². The van der Waals surface area contributed by atoms with Crippen LogP contribution in [0.5, 0.6) is 0 Å². The minimum atomic E-state index is -0.803. The Kier molecular flexibility index (Phi) is 5.82. The number of hydrogen-bond donors (Lipinski definition) is 1. The number of rotatable bonds is 5. The van der Waals surface area contributed by atoms with E-state index in [1.54, 1.807) is 0 Å². The van der Waals surface area contributed by atoms with Crippen molar-refractivity contribution in [2.45, 2.75) is 50.0 Å². The van der Waals surface area contributed by atoms with Crippen LogP contribution in [0, 0.1) is 0 Å². The molecule has 2 atom stereocenters. The van der Waals surface area contributed by atoms with Gasteiger partial charge in [0.1, 0.15) is 0 Å². The van der Waals surface area contributed by atoms with E-state index in [2.05, 4.69) is 0 Å². The fraction of sp³-hybridized carbons (Fsp3) is 0.833. The number of thioether (sulfide) groups is 1. The molecule has 17 heavy (non-hydrogen) atoms. The first-order valence-corrected chi connectivity index (χ1v) is 7.11. The van der Waals surface area contributed by atoms with E-state index >= 15 is 0 Å². The van der Waals surface area contributed by atoms with Gasteiger partial charge in [-0.15, -0.1) is 11.8 Å². The van der Waals surface area contributed by atoms with Gasteiger partial charge in [-0.25, -0.2) is 0 Å². The summed E-state index contributed by atoms with van der Waals surface area (Å²) in [6.07, 6.45) is 3.50. The normalized spacial score (nSPS) is 19.8. The number of nitrogens with zero attached hydrogens (tertiary/aromatic N) is 1. The zero-order valence-electron chi connectivity index (χ0n) is 10.5. The van der Waals surface area contributed by atoms with Gasteiger partial charge >= 0.3 is 5.97 Å². The van der Waals surface area contributed by atoms with Crippen molar-refractivity contribution in [3.05, 3.63) is 0 Å². The van der Waals surface area contributed by atoms with E-state index < -0.39 is 5.97 Å². The standard InChI is InChI=1S/C12H21NO3S/c1-9(8-11(14)15)17-10(2)12(16)13-6-4-3-5-7-13/h9-10H,3-8H2,1-2H3,(H,14,15). The molecule has 0 spiro atoms. The second kappa shape index (κ2) is 6.89. The van der Waals surface area contributed by atoms with Gasteiger partial charge in [-0.3, -0.25) is 9.59 Å². The second-order valence-corrected chi connectivity index (χ2v) is 6.36. The number of carbonyl (C=O) groups excluding carboxylic acids is 1. The molecule has 1 rings (SSSR count). The Morgan fingerprint density at radius 3 is 2.35 bits per heavy atom. The highest BCUT2D eigenvalue weighted by Crippen LogP contribution is 2.23. The fourth-order valence-corrected chi connectivity index (χ4v) is 3.27. The lowest BCUT2D eigenvalue weighted by molar-refractivity contribution is -0.137. The molecule has 1 saturated heterocycles. The van der Waals surface area contributed by atoms with Crippen molar-refractivity contribution in [2.24, 2.45) is 0 Å². The van der Waals surface area contributed by atoms with E-state index in [1.165, 1.54) is 18.2 Å². The molecule has 1 fully saturated rings. The third-order valence-corrected chi connectivity index (χ3v) is 4.16. The van der Waals surface area contributed by atoms with Gasteiger partial charge in [-0.2, -0.15) is 0 Å². The van der Waals surface area contributed by atoms with E-state index in [0.29, 0.717) is 0 Å². The van der Waals surface area contributed by atoms with Crippen LogP contribution in [0.4, 0.5) is 0 Å². The van der Waals surface area contributed by atoms with Crippen molar-refractivity contribution in [1.29, 1.82) is 0 Å². The van der Waals surface area contributed by atoms with Crippen LogP contribution >= 0.6 is 11.8 Å². The van der Waals surface area contributed by atoms with Crippen molar-refractivity contribution < 1.29 is 14.7 Å². The largest absolute Gasteiger partial charge is 0.481 e. The molecule has 1 heterocycles. The van der Waals surface area contributed by atoms with Gasteiger partial charge in [0, 0.05) is 18.3 Å². The lowest BCUT2D eigenvalue weighted by Crippen LogP contribution is -2.40. The Balaban J connectivity index is 2.37. The van der Waals surface area contributed by atoms with Gasteiger partial charge in [0.2, 0.25) is 5.91 Å². The minimum Gasteiger partial charge on any atom is -0.481 e. The molecule has 2 unspecified atom stereocenters. The van der Waals surface area contributed by atoms with Crippen LogP contribution in [0.1, 0.15) is 39.5 Å². The third kappa shape index (κ3) is 4.98. The molecule has 4 nitrogen and oxygen atoms in total. The Hall–Kier alpha value is -0.710. The summed E-state index contributed by atoms with van der Waals surface area (Å²) in [5.74, 6) is -0.644. The molecule has 0 aliphatic carbocycles. The molecule has 1 amide bonds. The molecule has 1 aliphatic heterocycles. The highest BCUT2D eigenvalue weighted by atomic mass is 32.2. The molecule has 5 heteroatoms. The average molecular weight is 259 g/mol. The van der Waals surface area contributed by atoms with Gasteiger partial charge in [-0.05, 0) is 26.2 Å². The number of carboxylic acids is 1. The molecule has 98 valence electrons. The molecule has 0 aromatic heterocycles. The summed E-state index contributed by atoms with van der Waals surface area (Å²) >= 11 is 1.46. The van der Waals surface area contributed by atoms with E-state index in [4.69, 9.17) is 5.11 Å². The van der Waals surface area contributed by atoms with Crippen LogP contribution in [-0.2, 0) is 9.59 Å². The van der Waals surface area contributed by atoms with Crippen LogP contribution in [-0.4, -0.2) is 45.5 Å². The number of carbonyl (C=O) groups is 2. The summed E-state index contributed by atoms with van der Waals surface area (Å²) in [5.41, 5.74) is 0. The van der Waals surface area contributed by atoms with Crippen LogP contribution < -0.4 is 0 Å². The van der Waals surface area contributed by atoms with Gasteiger partial charge in [0.05, 0.1) is 11.7 Å². The maximum absolute atomic E-state index is 12.1. The lowest BCUT2D eigenvalue weighted by Gasteiger charge is -2.29. The van der Waals surface area contributed by atoms with Gasteiger partial charge in [0.15, 0.2) is 0 Å². The SMILES string of the molecule is CC(CC(=O)O)SC(C)C(=O)N1CCCCC1. The molecule has 0 bridgehead atoms. The van der Waals surface area contributed by atoms with E-state index in [0.717, 1.165) is 25.9 Å². The molecule has 0 aromatic rings. The Labute approximate surface area is 107 Å². The first-order valence-electron chi connectivity index (χ1n) is 6.16. The van der Waals surface area contributed by atoms with Crippen LogP contribution in [0.3, 0.4) is 0 Å². The molecule has 0 saturated carbocycles. The fourth-order valence-electron chi connectivity index (χ4n) is 2.07. The molecule has 1 aliphatic rings. The monoisotopic (exact) mass is 259 g/mol. The van der Waals surface area contributed by atoms with Gasteiger partial charge in [0.25, 0.3) is 0 Å². The number of aliphatic carboxylic acids is 1. The minimum absolute atomic E-state index is 0.0174. The quantitative estimate of drug-likeness (QED) is 0.820. The zero-order chi connectivity index (χ0) is 12.8. The number of piperidine rings is 1. The summed E-state index contributed by atoms with van der Waals surface area (Å²) < 4.78 is 0. The Morgan fingerprint density at radius 2 is 1.82 bits per heavy atom. The summed E-state index contributed by atoms with van der Waals surface area (Å²) in [7, 11) is 0. The molecular formula is C12H21NO3S. The van der Waals surface area contributed by atoms with Crippen LogP contribution in [0.25, 0.3) is 0 Å². The van der Waals surface area contributed by atoms with E-state index in [9.17, 15) is 9.59 Å². The maximum Gasteiger partial charge on any atom is 0.304 e. The van der Waals surface area contributed by atoms with Crippen molar-refractivity contribution in [2.75, 3.05) is 13.1 Å². The summed E-state index contributed by atoms with van der Waals surface area (Å²) in [6.45, 7) is 5.45. The van der Waals surface area contributed by atoms with Gasteiger partial charge in [-0.1, -0.05) is 6.92 Å². The highest BCUT2D eigenvalue weighted by Gasteiger charge is 2.24. The second-order valence-electron chi connectivity index (χ2n) is 4.57. The van der Waals surface area contributed by atoms with Crippen molar-refractivity contribution in [3.8, 4) is 0 Å². The summed E-state index contributed by atoms with van der Waals surface area (Å²) in [5, 5.41) is 8.52. The Morgan fingerprint density at radius 1 is 1.24 bits per heavy atom. The van der Waals surface area contributed by atoms with E-state index in [-0.39, 0.29) is 22.8 Å². The number of amides is 1. The topological polar surface area (TPSA) is 57.6 Å². The van der Waals surface area contributed by atoms with Crippen LogP contribution in [0.2, 0.25) is 0 Å². The van der Waals surface area contributed by atoms with Crippen molar-refractivity contribution in [3.63, 3.8) is 0 Å². The summed E-state index contributed by atoms with van der Waals surface area (Å²) in [4.78, 5) is 24.5. The van der Waals surface area contributed by atoms with Crippen LogP contribution in [0.15, 0.2) is 0 Å². The summed E-state index contributed by atoms with van der Waals surface area (Å²) in [6, 6.07) is 0.